The summed E-state index contributed by atoms with van der Waals surface area (Å²) in [6.07, 6.45) is 25.1. The smallest absolute Gasteiger partial charge is 0.326 e. The minimum absolute atomic E-state index is 0. The van der Waals surface area contributed by atoms with E-state index >= 15 is 0 Å². The molecule has 0 radical (unpaired) electrons. The van der Waals surface area contributed by atoms with Gasteiger partial charge in [-0.3, -0.25) is 28.8 Å². The highest BCUT2D eigenvalue weighted by atomic mass is 16.4. The van der Waals surface area contributed by atoms with Crippen molar-refractivity contribution in [3.05, 3.63) is 18.2 Å². The molecule has 0 spiro atoms. The summed E-state index contributed by atoms with van der Waals surface area (Å²) < 4.78 is 0. The van der Waals surface area contributed by atoms with Crippen LogP contribution in [0.25, 0.3) is 0 Å². The number of aromatic nitrogens is 2. The van der Waals surface area contributed by atoms with E-state index in [4.69, 9.17) is 5.11 Å². The summed E-state index contributed by atoms with van der Waals surface area (Å²) in [4.78, 5) is 93.1. The molecule has 0 bridgehead atoms. The second-order valence-corrected chi connectivity index (χ2v) is 16.3. The van der Waals surface area contributed by atoms with Crippen molar-refractivity contribution in [1.29, 1.82) is 0 Å². The molecule has 2 rings (SSSR count). The van der Waals surface area contributed by atoms with E-state index in [-0.39, 0.29) is 63.6 Å². The van der Waals surface area contributed by atoms with E-state index in [2.05, 4.69) is 20.6 Å². The molecule has 59 heavy (non-hydrogen) atoms. The molecule has 0 unspecified atom stereocenters. The number of imidazole rings is 1. The summed E-state index contributed by atoms with van der Waals surface area (Å²) in [5.41, 5.74) is 0.813. The number of aliphatic carboxylic acids is 3. The van der Waals surface area contributed by atoms with E-state index in [0.29, 0.717) is 58.0 Å². The minimum Gasteiger partial charge on any atom is -0.481 e. The molecule has 2 atom stereocenters. The maximum atomic E-state index is 12.9. The average molecular weight is 834 g/mol. The van der Waals surface area contributed by atoms with Crippen molar-refractivity contribution in [3.63, 3.8) is 0 Å². The Bertz CT molecular complexity index is 1390. The number of aromatic amines is 1. The second-order valence-electron chi connectivity index (χ2n) is 16.3. The summed E-state index contributed by atoms with van der Waals surface area (Å²) >= 11 is 0. The highest BCUT2D eigenvalue weighted by Gasteiger charge is 2.30. The molecule has 3 amide bonds. The number of nitrogens with zero attached hydrogens (tertiary/aromatic N) is 2. The number of piperidine rings is 1. The molecule has 1 aromatic heterocycles. The highest BCUT2D eigenvalue weighted by Crippen LogP contribution is 2.21. The van der Waals surface area contributed by atoms with Crippen LogP contribution < -0.4 is 10.6 Å². The summed E-state index contributed by atoms with van der Waals surface area (Å²) in [6, 6.07) is -1.22. The molecule has 15 heteroatoms. The summed E-state index contributed by atoms with van der Waals surface area (Å²) in [5.74, 6) is -4.92. The number of carbonyl (C=O) groups excluding carboxylic acids is 4. The van der Waals surface area contributed by atoms with Gasteiger partial charge in [0, 0.05) is 71.0 Å². The van der Waals surface area contributed by atoms with E-state index in [1.165, 1.54) is 70.5 Å². The lowest BCUT2D eigenvalue weighted by Crippen LogP contribution is -2.47. The van der Waals surface area contributed by atoms with Gasteiger partial charge in [0.05, 0.1) is 12.2 Å². The van der Waals surface area contributed by atoms with Crippen molar-refractivity contribution in [2.75, 3.05) is 19.6 Å². The maximum Gasteiger partial charge on any atom is 0.326 e. The van der Waals surface area contributed by atoms with Gasteiger partial charge in [-0.1, -0.05) is 96.3 Å². The van der Waals surface area contributed by atoms with Gasteiger partial charge < -0.3 is 35.8 Å². The number of carboxylic acids is 3. The number of nitrogens with one attached hydrogen (secondary N) is 3. The fourth-order valence-electron chi connectivity index (χ4n) is 7.62. The fourth-order valence-corrected chi connectivity index (χ4v) is 7.62. The first-order valence-corrected chi connectivity index (χ1v) is 22.5. The zero-order valence-corrected chi connectivity index (χ0v) is 35.4. The third-order valence-corrected chi connectivity index (χ3v) is 11.4. The van der Waals surface area contributed by atoms with Crippen LogP contribution in [-0.2, 0) is 40.0 Å². The zero-order valence-electron chi connectivity index (χ0n) is 35.4. The van der Waals surface area contributed by atoms with Crippen LogP contribution >= 0.6 is 0 Å². The molecule has 1 saturated heterocycles. The van der Waals surface area contributed by atoms with E-state index in [9.17, 15) is 43.8 Å². The second kappa shape index (κ2) is 31.6. The van der Waals surface area contributed by atoms with Crippen LogP contribution in [-0.4, -0.2) is 97.3 Å². The first-order chi connectivity index (χ1) is 28.5. The van der Waals surface area contributed by atoms with Crippen LogP contribution in [0, 0.1) is 11.8 Å². The van der Waals surface area contributed by atoms with Crippen molar-refractivity contribution < 1.29 is 50.3 Å². The number of hydrogen-bond acceptors (Lipinski definition) is 8. The van der Waals surface area contributed by atoms with Gasteiger partial charge in [0.25, 0.3) is 0 Å². The lowest BCUT2D eigenvalue weighted by atomic mass is 9.94. The van der Waals surface area contributed by atoms with Gasteiger partial charge in [0.15, 0.2) is 0 Å². The molecule has 0 aliphatic carbocycles. The normalized spacial score (nSPS) is 14.1. The van der Waals surface area contributed by atoms with Crippen LogP contribution in [0.5, 0.6) is 0 Å². The first-order valence-electron chi connectivity index (χ1n) is 22.5. The first kappa shape index (κ1) is 50.8. The number of Topliss-reactive ketones (excluding diaryl/α,β-unsaturated/α-hetero) is 1. The number of hydrogen-bond donors (Lipinski definition) is 6. The minimum atomic E-state index is -1.22. The maximum absolute atomic E-state index is 12.9. The Morgan fingerprint density at radius 2 is 1.25 bits per heavy atom. The molecule has 15 nitrogen and oxygen atoms in total. The predicted molar refractivity (Wildman–Crippen MR) is 225 cm³/mol. The van der Waals surface area contributed by atoms with Crippen LogP contribution in [0.4, 0.5) is 0 Å². The lowest BCUT2D eigenvalue weighted by molar-refractivity contribution is -0.144. The number of ketones is 1. The predicted octanol–water partition coefficient (Wildman–Crippen LogP) is 7.23. The number of carbonyl (C=O) groups is 7. The van der Waals surface area contributed by atoms with Crippen molar-refractivity contribution in [1.82, 2.24) is 25.5 Å². The number of amides is 3. The van der Waals surface area contributed by atoms with Crippen molar-refractivity contribution in [3.8, 4) is 0 Å². The number of aryl methyl sites for hydroxylation is 1. The number of rotatable bonds is 36. The molecule has 336 valence electrons. The Hall–Kier alpha value is -4.30. The zero-order chi connectivity index (χ0) is 43.1. The highest BCUT2D eigenvalue weighted by molar-refractivity contribution is 5.86. The molecule has 2 heterocycles. The van der Waals surface area contributed by atoms with Gasteiger partial charge in [-0.25, -0.2) is 9.78 Å². The van der Waals surface area contributed by atoms with Gasteiger partial charge in [-0.05, 0) is 51.4 Å². The molecule has 1 aromatic rings. The Kier molecular flexibility index (Phi) is 27.2. The Labute approximate surface area is 352 Å². The lowest BCUT2D eigenvalue weighted by Gasteiger charge is -2.32. The number of likely N-dealkylation sites (tertiary alicyclic amines) is 1. The Morgan fingerprint density at radius 1 is 0.695 bits per heavy atom. The Morgan fingerprint density at radius 3 is 1.76 bits per heavy atom. The Balaban J connectivity index is 0.0000180. The summed E-state index contributed by atoms with van der Waals surface area (Å²) in [6.45, 7) is 1.20. The third-order valence-electron chi connectivity index (χ3n) is 11.4. The van der Waals surface area contributed by atoms with Crippen molar-refractivity contribution >= 4 is 41.4 Å². The number of H-pyrrole nitrogens is 1. The average Bonchev–Trinajstić information content (AvgIpc) is 3.74. The quantitative estimate of drug-likeness (QED) is 0.0369. The van der Waals surface area contributed by atoms with E-state index in [1.54, 1.807) is 11.1 Å². The standard InChI is InChI=1S/C44H73N5O10.H2/c50-37(23-22-36-32-45-33-47-36)31-35(43(56)57)19-17-18-28-46-39(51)25-24-38(44(58)59)48-42(55)34-26-29-49(30-27-34)40(52)20-15-13-11-9-7-5-3-1-2-4-6-8-10-12-14-16-21-41(53)54;/h32-35,38H,1-31H2,(H,45,47)(H,46,51)(H,48,55)(H,53,54)(H,56,57)(H,58,59);1H/t35-,38+;/m1./s1. The topological polar surface area (TPSA) is 236 Å². The van der Waals surface area contributed by atoms with Crippen LogP contribution in [0.3, 0.4) is 0 Å². The monoisotopic (exact) mass is 834 g/mol. The molecule has 1 fully saturated rings. The molecular formula is C44H75N5O10. The fraction of sp³-hybridized carbons (Fsp3) is 0.773. The van der Waals surface area contributed by atoms with Crippen molar-refractivity contribution in [2.45, 2.75) is 186 Å². The molecular weight excluding hydrogens is 759 g/mol. The van der Waals surface area contributed by atoms with Gasteiger partial charge in [-0.15, -0.1) is 0 Å². The van der Waals surface area contributed by atoms with E-state index < -0.39 is 35.8 Å². The largest absolute Gasteiger partial charge is 0.481 e. The van der Waals surface area contributed by atoms with Crippen LogP contribution in [0.1, 0.15) is 180 Å². The van der Waals surface area contributed by atoms with Crippen LogP contribution in [0.2, 0.25) is 0 Å². The number of carboxylic acid groups (broad SMARTS) is 3. The third kappa shape index (κ3) is 25.0. The van der Waals surface area contributed by atoms with Gasteiger partial charge in [0.2, 0.25) is 17.7 Å². The van der Waals surface area contributed by atoms with E-state index in [0.717, 1.165) is 44.2 Å². The van der Waals surface area contributed by atoms with Crippen LogP contribution in [0.15, 0.2) is 12.5 Å². The molecule has 1 aliphatic heterocycles. The van der Waals surface area contributed by atoms with Crippen molar-refractivity contribution in [2.24, 2.45) is 11.8 Å². The molecule has 0 saturated carbocycles. The van der Waals surface area contributed by atoms with Gasteiger partial charge >= 0.3 is 17.9 Å². The molecule has 1 aliphatic rings. The number of unbranched alkanes of at least 4 members (excludes halogenated alkanes) is 16. The van der Waals surface area contributed by atoms with E-state index in [1.807, 2.05) is 0 Å². The summed E-state index contributed by atoms with van der Waals surface area (Å²) in [7, 11) is 0. The SMILES string of the molecule is O=C(O)CCCCCCCCCCCCCCCCCCC(=O)N1CCC(C(=O)N[C@@H](CCC(=O)NCCCC[C@H](CC(=O)CCc2cnc[nH]2)C(=O)O)C(=O)O)CC1.[HH]. The van der Waals surface area contributed by atoms with Gasteiger partial charge in [0.1, 0.15) is 11.8 Å². The summed E-state index contributed by atoms with van der Waals surface area (Å²) in [5, 5.41) is 33.2. The molecule has 0 aromatic carbocycles. The molecule has 6 N–H and O–H groups in total. The van der Waals surface area contributed by atoms with Gasteiger partial charge in [-0.2, -0.15) is 0 Å².